The molecular formula is C9H8N4O3. The fourth-order valence-electron chi connectivity index (χ4n) is 1.86. The van der Waals surface area contributed by atoms with Crippen molar-refractivity contribution in [2.45, 2.75) is 13.5 Å². The SMILES string of the molecule is Cc1noc2c1-c1n[nH]c(C(=O)O)c1NC2. The topological polar surface area (TPSA) is 104 Å². The maximum absolute atomic E-state index is 10.9. The summed E-state index contributed by atoms with van der Waals surface area (Å²) in [5, 5.41) is 22.2. The van der Waals surface area contributed by atoms with Crippen LogP contribution in [0.3, 0.4) is 0 Å². The van der Waals surface area contributed by atoms with Gasteiger partial charge in [-0.1, -0.05) is 5.16 Å². The minimum atomic E-state index is -1.04. The molecule has 3 N–H and O–H groups in total. The van der Waals surface area contributed by atoms with Crippen molar-refractivity contribution in [3.63, 3.8) is 0 Å². The number of aryl methyl sites for hydroxylation is 1. The molecule has 0 saturated heterocycles. The lowest BCUT2D eigenvalue weighted by atomic mass is 10.0. The van der Waals surface area contributed by atoms with Crippen molar-refractivity contribution in [1.82, 2.24) is 15.4 Å². The lowest BCUT2D eigenvalue weighted by Gasteiger charge is -2.11. The average molecular weight is 220 g/mol. The van der Waals surface area contributed by atoms with E-state index < -0.39 is 5.97 Å². The molecule has 1 aliphatic heterocycles. The molecule has 0 unspecified atom stereocenters. The minimum absolute atomic E-state index is 0.0567. The van der Waals surface area contributed by atoms with Crippen molar-refractivity contribution < 1.29 is 14.4 Å². The van der Waals surface area contributed by atoms with Crippen LogP contribution in [0.4, 0.5) is 5.69 Å². The third kappa shape index (κ3) is 0.992. The molecule has 7 heteroatoms. The summed E-state index contributed by atoms with van der Waals surface area (Å²) in [6.45, 7) is 2.22. The van der Waals surface area contributed by atoms with Crippen molar-refractivity contribution in [2.24, 2.45) is 0 Å². The fourth-order valence-corrected chi connectivity index (χ4v) is 1.86. The Morgan fingerprint density at radius 3 is 3.12 bits per heavy atom. The maximum atomic E-state index is 10.9. The van der Waals surface area contributed by atoms with Crippen LogP contribution in [0.1, 0.15) is 21.9 Å². The first-order chi connectivity index (χ1) is 7.68. The van der Waals surface area contributed by atoms with Crippen LogP contribution in [0.25, 0.3) is 11.3 Å². The Hall–Kier alpha value is -2.31. The highest BCUT2D eigenvalue weighted by Gasteiger charge is 2.29. The summed E-state index contributed by atoms with van der Waals surface area (Å²) in [5.41, 5.74) is 2.59. The summed E-state index contributed by atoms with van der Waals surface area (Å²) < 4.78 is 5.10. The zero-order chi connectivity index (χ0) is 11.3. The van der Waals surface area contributed by atoms with Crippen LogP contribution in [0, 0.1) is 6.92 Å². The van der Waals surface area contributed by atoms with E-state index in [2.05, 4.69) is 20.7 Å². The van der Waals surface area contributed by atoms with Gasteiger partial charge in [0.25, 0.3) is 0 Å². The second-order valence-corrected chi connectivity index (χ2v) is 3.55. The number of hydrogen-bond donors (Lipinski definition) is 3. The average Bonchev–Trinajstić information content (AvgIpc) is 2.81. The molecular weight excluding hydrogens is 212 g/mol. The highest BCUT2D eigenvalue weighted by molar-refractivity contribution is 5.97. The molecule has 82 valence electrons. The van der Waals surface area contributed by atoms with Crippen LogP contribution in [-0.2, 0) is 6.54 Å². The van der Waals surface area contributed by atoms with Crippen molar-refractivity contribution in [2.75, 3.05) is 5.32 Å². The summed E-state index contributed by atoms with van der Waals surface area (Å²) in [7, 11) is 0. The van der Waals surface area contributed by atoms with Crippen LogP contribution in [0.15, 0.2) is 4.52 Å². The first-order valence-electron chi connectivity index (χ1n) is 4.69. The summed E-state index contributed by atoms with van der Waals surface area (Å²) in [5.74, 6) is -0.368. The van der Waals surface area contributed by atoms with Crippen LogP contribution in [0.2, 0.25) is 0 Å². The number of H-pyrrole nitrogens is 1. The summed E-state index contributed by atoms with van der Waals surface area (Å²) in [6.07, 6.45) is 0. The number of nitrogens with one attached hydrogen (secondary N) is 2. The van der Waals surface area contributed by atoms with Gasteiger partial charge in [0.1, 0.15) is 5.69 Å². The van der Waals surface area contributed by atoms with Crippen LogP contribution < -0.4 is 5.32 Å². The molecule has 0 atom stereocenters. The van der Waals surface area contributed by atoms with E-state index in [1.54, 1.807) is 6.92 Å². The van der Waals surface area contributed by atoms with Crippen molar-refractivity contribution in [3.05, 3.63) is 17.1 Å². The monoisotopic (exact) mass is 220 g/mol. The Labute approximate surface area is 89.4 Å². The van der Waals surface area contributed by atoms with E-state index in [4.69, 9.17) is 9.63 Å². The molecule has 0 radical (unpaired) electrons. The number of carboxylic acid groups (broad SMARTS) is 1. The molecule has 0 aliphatic carbocycles. The van der Waals surface area contributed by atoms with E-state index in [1.807, 2.05) is 0 Å². The number of fused-ring (bicyclic) bond motifs is 3. The van der Waals surface area contributed by atoms with Gasteiger partial charge in [-0.25, -0.2) is 4.79 Å². The first kappa shape index (κ1) is 8.96. The van der Waals surface area contributed by atoms with Gasteiger partial charge in [-0.3, -0.25) is 5.10 Å². The van der Waals surface area contributed by atoms with Crippen molar-refractivity contribution >= 4 is 11.7 Å². The maximum Gasteiger partial charge on any atom is 0.356 e. The van der Waals surface area contributed by atoms with Gasteiger partial charge in [0.05, 0.1) is 23.5 Å². The van der Waals surface area contributed by atoms with E-state index in [-0.39, 0.29) is 5.69 Å². The molecule has 1 aliphatic rings. The van der Waals surface area contributed by atoms with Gasteiger partial charge in [0, 0.05) is 0 Å². The number of aromatic carboxylic acids is 1. The third-order valence-electron chi connectivity index (χ3n) is 2.58. The number of aromatic amines is 1. The van der Waals surface area contributed by atoms with Crippen molar-refractivity contribution in [3.8, 4) is 11.3 Å². The van der Waals surface area contributed by atoms with Crippen LogP contribution in [0.5, 0.6) is 0 Å². The second kappa shape index (κ2) is 2.84. The molecule has 0 saturated carbocycles. The molecule has 16 heavy (non-hydrogen) atoms. The van der Waals surface area contributed by atoms with Crippen LogP contribution in [-0.4, -0.2) is 26.4 Å². The van der Waals surface area contributed by atoms with E-state index in [0.717, 1.165) is 5.56 Å². The van der Waals surface area contributed by atoms with Gasteiger partial charge in [0.2, 0.25) is 0 Å². The number of hydrogen-bond acceptors (Lipinski definition) is 5. The van der Waals surface area contributed by atoms with Gasteiger partial charge >= 0.3 is 5.97 Å². The second-order valence-electron chi connectivity index (χ2n) is 3.55. The fraction of sp³-hybridized carbons (Fsp3) is 0.222. The largest absolute Gasteiger partial charge is 0.476 e. The number of carbonyl (C=O) groups is 1. The number of carboxylic acids is 1. The molecule has 0 amide bonds. The molecule has 2 aromatic rings. The normalized spacial score (nSPS) is 12.8. The van der Waals surface area contributed by atoms with Gasteiger partial charge in [-0.05, 0) is 6.92 Å². The molecule has 7 nitrogen and oxygen atoms in total. The number of nitrogens with zero attached hydrogens (tertiary/aromatic N) is 2. The Morgan fingerprint density at radius 2 is 2.38 bits per heavy atom. The zero-order valence-corrected chi connectivity index (χ0v) is 8.37. The van der Waals surface area contributed by atoms with E-state index >= 15 is 0 Å². The predicted octanol–water partition coefficient (Wildman–Crippen LogP) is 0.997. The molecule has 0 aromatic carbocycles. The predicted molar refractivity (Wildman–Crippen MR) is 53.1 cm³/mol. The highest BCUT2D eigenvalue weighted by atomic mass is 16.5. The third-order valence-corrected chi connectivity index (χ3v) is 2.58. The number of anilines is 1. The highest BCUT2D eigenvalue weighted by Crippen LogP contribution is 2.37. The smallest absolute Gasteiger partial charge is 0.356 e. The Balaban J connectivity index is 2.26. The molecule has 0 bridgehead atoms. The Kier molecular flexibility index (Phi) is 1.59. The Bertz CT molecular complexity index is 584. The number of rotatable bonds is 1. The molecule has 0 fully saturated rings. The van der Waals surface area contributed by atoms with E-state index in [9.17, 15) is 4.79 Å². The lowest BCUT2D eigenvalue weighted by Crippen LogP contribution is -2.09. The molecule has 3 heterocycles. The quantitative estimate of drug-likeness (QED) is 0.662. The lowest BCUT2D eigenvalue weighted by molar-refractivity contribution is 0.0691. The van der Waals surface area contributed by atoms with Gasteiger partial charge in [-0.2, -0.15) is 5.10 Å². The van der Waals surface area contributed by atoms with Crippen LogP contribution >= 0.6 is 0 Å². The molecule has 3 rings (SSSR count). The summed E-state index contributed by atoms with van der Waals surface area (Å²) >= 11 is 0. The summed E-state index contributed by atoms with van der Waals surface area (Å²) in [4.78, 5) is 10.9. The first-order valence-corrected chi connectivity index (χ1v) is 4.69. The van der Waals surface area contributed by atoms with E-state index in [1.165, 1.54) is 0 Å². The zero-order valence-electron chi connectivity index (χ0n) is 8.37. The standard InChI is InChI=1S/C9H8N4O3/c1-3-5-4(16-13-3)2-10-7-6(5)11-12-8(7)9(14)15/h10H,2H2,1H3,(H,11,12)(H,14,15). The van der Waals surface area contributed by atoms with Crippen molar-refractivity contribution in [1.29, 1.82) is 0 Å². The number of aromatic nitrogens is 3. The van der Waals surface area contributed by atoms with Gasteiger partial charge in [-0.15, -0.1) is 0 Å². The van der Waals surface area contributed by atoms with E-state index in [0.29, 0.717) is 29.4 Å². The van der Waals surface area contributed by atoms with Gasteiger partial charge < -0.3 is 14.9 Å². The summed E-state index contributed by atoms with van der Waals surface area (Å²) in [6, 6.07) is 0. The molecule has 2 aromatic heterocycles. The van der Waals surface area contributed by atoms with Gasteiger partial charge in [0.15, 0.2) is 11.5 Å². The molecule has 0 spiro atoms. The Morgan fingerprint density at radius 1 is 1.56 bits per heavy atom. The minimum Gasteiger partial charge on any atom is -0.476 e.